The summed E-state index contributed by atoms with van der Waals surface area (Å²) in [6, 6.07) is 20.1. The molecule has 3 aromatic carbocycles. The number of nitrogens with one attached hydrogen (secondary N) is 2. The molecule has 1 aliphatic heterocycles. The first-order chi connectivity index (χ1) is 18.8. The molecule has 2 aliphatic rings. The molecule has 0 unspecified atom stereocenters. The molecule has 39 heavy (non-hydrogen) atoms. The zero-order valence-electron chi connectivity index (χ0n) is 22.5. The number of Topliss-reactive ketones (excluding diaryl/α,β-unsaturated/α-hetero) is 1. The first kappa shape index (κ1) is 26.1. The van der Waals surface area contributed by atoms with E-state index in [-0.39, 0.29) is 29.8 Å². The molecule has 0 radical (unpaired) electrons. The Balaban J connectivity index is 1.55. The second-order valence-corrected chi connectivity index (χ2v) is 10.00. The van der Waals surface area contributed by atoms with Gasteiger partial charge < -0.3 is 25.2 Å². The number of ketones is 1. The number of methoxy groups -OCH3 is 2. The van der Waals surface area contributed by atoms with Crippen molar-refractivity contribution >= 4 is 17.4 Å². The van der Waals surface area contributed by atoms with Gasteiger partial charge >= 0.3 is 0 Å². The third-order valence-electron chi connectivity index (χ3n) is 7.55. The summed E-state index contributed by atoms with van der Waals surface area (Å²) in [6.45, 7) is 3.79. The second-order valence-electron chi connectivity index (χ2n) is 10.00. The number of aromatic hydroxyl groups is 1. The number of amides is 1. The van der Waals surface area contributed by atoms with Gasteiger partial charge in [0.05, 0.1) is 14.2 Å². The fraction of sp³-hybridized carbons (Fsp3) is 0.250. The summed E-state index contributed by atoms with van der Waals surface area (Å²) in [4.78, 5) is 27.6. The molecule has 0 saturated heterocycles. The lowest BCUT2D eigenvalue weighted by molar-refractivity contribution is -0.116. The molecule has 1 amide bonds. The number of aryl methyl sites for hydroxylation is 1. The molecule has 3 N–H and O–H groups in total. The Morgan fingerprint density at radius 2 is 1.69 bits per heavy atom. The predicted molar refractivity (Wildman–Crippen MR) is 150 cm³/mol. The second kappa shape index (κ2) is 10.7. The van der Waals surface area contributed by atoms with Gasteiger partial charge in [0.15, 0.2) is 17.3 Å². The van der Waals surface area contributed by atoms with Crippen molar-refractivity contribution in [2.24, 2.45) is 0 Å². The van der Waals surface area contributed by atoms with Crippen LogP contribution in [0.4, 0.5) is 5.69 Å². The van der Waals surface area contributed by atoms with E-state index in [2.05, 4.69) is 10.6 Å². The van der Waals surface area contributed by atoms with Gasteiger partial charge in [-0.3, -0.25) is 9.59 Å². The van der Waals surface area contributed by atoms with Crippen molar-refractivity contribution in [2.75, 3.05) is 19.5 Å². The quantitative estimate of drug-likeness (QED) is 0.382. The van der Waals surface area contributed by atoms with Crippen molar-refractivity contribution in [3.8, 4) is 17.2 Å². The Morgan fingerprint density at radius 1 is 0.923 bits per heavy atom. The highest BCUT2D eigenvalue weighted by molar-refractivity contribution is 6.10. The van der Waals surface area contributed by atoms with E-state index in [0.29, 0.717) is 46.0 Å². The lowest BCUT2D eigenvalue weighted by Gasteiger charge is -2.37. The van der Waals surface area contributed by atoms with E-state index in [1.165, 1.54) is 0 Å². The van der Waals surface area contributed by atoms with Crippen molar-refractivity contribution < 1.29 is 24.2 Å². The molecular formula is C32H32N2O5. The van der Waals surface area contributed by atoms with Crippen LogP contribution in [0, 0.1) is 6.92 Å². The molecule has 3 aromatic rings. The minimum Gasteiger partial charge on any atom is -0.508 e. The standard InChI is InChI=1S/C32H32N2O5/c1-18-8-5-6-11-24(18)34-32(37)29-19(2)33-25-15-22(20-12-13-27(38-3)28(17-20)39-4)16-26(36)31(25)30(29)21-9-7-10-23(35)14-21/h5-14,17,22,30,33,35H,15-16H2,1-4H3,(H,34,37)/t22-,30+/m1/s1. The van der Waals surface area contributed by atoms with Crippen molar-refractivity contribution in [3.63, 3.8) is 0 Å². The van der Waals surface area contributed by atoms with Crippen LogP contribution in [0.15, 0.2) is 89.3 Å². The molecule has 0 fully saturated rings. The number of hydrogen-bond acceptors (Lipinski definition) is 6. The summed E-state index contributed by atoms with van der Waals surface area (Å²) in [7, 11) is 3.18. The number of para-hydroxylation sites is 1. The highest BCUT2D eigenvalue weighted by atomic mass is 16.5. The Bertz CT molecular complexity index is 1520. The average Bonchev–Trinajstić information content (AvgIpc) is 2.92. The minimum absolute atomic E-state index is 0.0365. The summed E-state index contributed by atoms with van der Waals surface area (Å²) in [5.41, 5.74) is 5.81. The molecule has 1 heterocycles. The molecule has 7 heteroatoms. The number of hydrogen-bond donors (Lipinski definition) is 3. The van der Waals surface area contributed by atoms with Gasteiger partial charge in [-0.2, -0.15) is 0 Å². The van der Waals surface area contributed by atoms with Crippen LogP contribution in [0.2, 0.25) is 0 Å². The number of benzene rings is 3. The van der Waals surface area contributed by atoms with Crippen molar-refractivity contribution in [2.45, 2.75) is 38.5 Å². The van der Waals surface area contributed by atoms with Crippen molar-refractivity contribution in [1.82, 2.24) is 5.32 Å². The van der Waals surface area contributed by atoms with Crippen LogP contribution in [0.5, 0.6) is 17.2 Å². The zero-order chi connectivity index (χ0) is 27.7. The largest absolute Gasteiger partial charge is 0.508 e. The number of carbonyl (C=O) groups is 2. The van der Waals surface area contributed by atoms with E-state index in [1.807, 2.05) is 62.4 Å². The third-order valence-corrected chi connectivity index (χ3v) is 7.55. The average molecular weight is 525 g/mol. The molecule has 0 bridgehead atoms. The maximum atomic E-state index is 13.9. The van der Waals surface area contributed by atoms with E-state index < -0.39 is 5.92 Å². The van der Waals surface area contributed by atoms with Crippen LogP contribution >= 0.6 is 0 Å². The summed E-state index contributed by atoms with van der Waals surface area (Å²) < 4.78 is 10.9. The van der Waals surface area contributed by atoms with Crippen LogP contribution in [0.3, 0.4) is 0 Å². The third kappa shape index (κ3) is 5.00. The fourth-order valence-corrected chi connectivity index (χ4v) is 5.62. The molecule has 7 nitrogen and oxygen atoms in total. The highest BCUT2D eigenvalue weighted by Crippen LogP contribution is 2.47. The van der Waals surface area contributed by atoms with Gasteiger partial charge in [0.25, 0.3) is 5.91 Å². The van der Waals surface area contributed by atoms with Gasteiger partial charge in [-0.15, -0.1) is 0 Å². The normalized spacial score (nSPS) is 18.8. The van der Waals surface area contributed by atoms with Crippen LogP contribution in [0.1, 0.15) is 48.3 Å². The number of rotatable bonds is 6. The van der Waals surface area contributed by atoms with Crippen molar-refractivity contribution in [3.05, 3.63) is 106 Å². The SMILES string of the molecule is COc1ccc([C@H]2CC(=O)C3=C(C2)NC(C)=C(C(=O)Nc2ccccc2C)[C@@H]3c2cccc(O)c2)cc1OC. The monoisotopic (exact) mass is 524 g/mol. The maximum absolute atomic E-state index is 13.9. The van der Waals surface area contributed by atoms with Gasteiger partial charge in [-0.25, -0.2) is 0 Å². The van der Waals surface area contributed by atoms with Crippen LogP contribution in [-0.2, 0) is 9.59 Å². The van der Waals surface area contributed by atoms with E-state index in [0.717, 1.165) is 16.8 Å². The molecule has 0 aromatic heterocycles. The van der Waals surface area contributed by atoms with E-state index in [9.17, 15) is 14.7 Å². The first-order valence-electron chi connectivity index (χ1n) is 12.9. The van der Waals surface area contributed by atoms with Gasteiger partial charge in [0, 0.05) is 40.6 Å². The zero-order valence-corrected chi connectivity index (χ0v) is 22.5. The van der Waals surface area contributed by atoms with Crippen LogP contribution in [-0.4, -0.2) is 31.0 Å². The number of anilines is 1. The number of phenols is 1. The Kier molecular flexibility index (Phi) is 7.15. The summed E-state index contributed by atoms with van der Waals surface area (Å²) in [5.74, 6) is 0.319. The summed E-state index contributed by atoms with van der Waals surface area (Å²) in [6.07, 6.45) is 0.882. The Morgan fingerprint density at radius 3 is 2.41 bits per heavy atom. The van der Waals surface area contributed by atoms with E-state index in [4.69, 9.17) is 9.47 Å². The first-order valence-corrected chi connectivity index (χ1v) is 12.9. The van der Waals surface area contributed by atoms with Gasteiger partial charge in [-0.05, 0) is 73.2 Å². The molecule has 0 spiro atoms. The Labute approximate surface area is 228 Å². The van der Waals surface area contributed by atoms with Crippen LogP contribution < -0.4 is 20.1 Å². The summed E-state index contributed by atoms with van der Waals surface area (Å²) in [5, 5.41) is 16.7. The van der Waals surface area contributed by atoms with Gasteiger partial charge in [0.1, 0.15) is 5.75 Å². The molecule has 0 saturated carbocycles. The molecule has 5 rings (SSSR count). The lowest BCUT2D eigenvalue weighted by atomic mass is 9.71. The maximum Gasteiger partial charge on any atom is 0.254 e. The van der Waals surface area contributed by atoms with E-state index in [1.54, 1.807) is 32.4 Å². The smallest absolute Gasteiger partial charge is 0.254 e. The fourth-order valence-electron chi connectivity index (χ4n) is 5.62. The van der Waals surface area contributed by atoms with Gasteiger partial charge in [0.2, 0.25) is 0 Å². The topological polar surface area (TPSA) is 96.9 Å². The lowest BCUT2D eigenvalue weighted by Crippen LogP contribution is -2.37. The van der Waals surface area contributed by atoms with Gasteiger partial charge in [-0.1, -0.05) is 36.4 Å². The Hall–Kier alpha value is -4.52. The minimum atomic E-state index is -0.615. The number of ether oxygens (including phenoxy) is 2. The van der Waals surface area contributed by atoms with Crippen LogP contribution in [0.25, 0.3) is 0 Å². The number of carbonyl (C=O) groups excluding carboxylic acids is 2. The number of allylic oxidation sites excluding steroid dienone is 3. The van der Waals surface area contributed by atoms with Crippen molar-refractivity contribution in [1.29, 1.82) is 0 Å². The summed E-state index contributed by atoms with van der Waals surface area (Å²) >= 11 is 0. The van der Waals surface area contributed by atoms with E-state index >= 15 is 0 Å². The molecule has 1 aliphatic carbocycles. The number of dihydropyridines is 1. The molecule has 200 valence electrons. The highest BCUT2D eigenvalue weighted by Gasteiger charge is 2.41. The molecule has 2 atom stereocenters. The predicted octanol–water partition coefficient (Wildman–Crippen LogP) is 5.72. The number of phenolic OH excluding ortho intramolecular Hbond substituents is 1. The molecular weight excluding hydrogens is 492 g/mol.